The number of H-pyrrole nitrogens is 1. The highest BCUT2D eigenvalue weighted by atomic mass is 35.5. The fraction of sp³-hybridized carbons (Fsp3) is 0.455. The lowest BCUT2D eigenvalue weighted by Gasteiger charge is -2.33. The van der Waals surface area contributed by atoms with E-state index in [9.17, 15) is 0 Å². The Hall–Kier alpha value is -3.37. The van der Waals surface area contributed by atoms with Crippen molar-refractivity contribution in [2.45, 2.75) is 31.8 Å². The molecule has 9 nitrogen and oxygen atoms in total. The van der Waals surface area contributed by atoms with E-state index in [1.54, 1.807) is 20.4 Å². The summed E-state index contributed by atoms with van der Waals surface area (Å²) in [6.07, 6.45) is 4.94. The lowest BCUT2D eigenvalue weighted by atomic mass is 10.0. The molecule has 228 valence electrons. The number of halogens is 1. The largest absolute Gasteiger partial charge is 0.497 e. The van der Waals surface area contributed by atoms with E-state index in [4.69, 9.17) is 26.1 Å². The molecule has 2 saturated heterocycles. The van der Waals surface area contributed by atoms with Gasteiger partial charge in [-0.2, -0.15) is 0 Å². The van der Waals surface area contributed by atoms with Crippen LogP contribution in [0.15, 0.2) is 54.7 Å². The Morgan fingerprint density at radius 3 is 2.47 bits per heavy atom. The summed E-state index contributed by atoms with van der Waals surface area (Å²) in [5.74, 6) is 1.69. The first-order valence-electron chi connectivity index (χ1n) is 15.3. The van der Waals surface area contributed by atoms with Crippen molar-refractivity contribution in [2.24, 2.45) is 0 Å². The topological polar surface area (TPSA) is 81.8 Å². The smallest absolute Gasteiger partial charge is 0.159 e. The number of nitrogens with one attached hydrogen (secondary N) is 2. The molecule has 2 aromatic carbocycles. The third kappa shape index (κ3) is 7.24. The van der Waals surface area contributed by atoms with Gasteiger partial charge in [-0.25, -0.2) is 9.97 Å². The summed E-state index contributed by atoms with van der Waals surface area (Å²) in [5.41, 5.74) is 5.98. The second-order valence-corrected chi connectivity index (χ2v) is 11.9. The highest BCUT2D eigenvalue weighted by Gasteiger charge is 2.22. The Balaban J connectivity index is 1.09. The molecule has 4 heterocycles. The Labute approximate surface area is 259 Å². The van der Waals surface area contributed by atoms with Gasteiger partial charge in [0.1, 0.15) is 17.1 Å². The van der Waals surface area contributed by atoms with E-state index in [1.165, 1.54) is 11.3 Å². The first kappa shape index (κ1) is 29.7. The Morgan fingerprint density at radius 2 is 1.72 bits per heavy atom. The normalized spacial score (nSPS) is 17.3. The van der Waals surface area contributed by atoms with Gasteiger partial charge in [0, 0.05) is 70.2 Å². The van der Waals surface area contributed by atoms with Crippen LogP contribution in [0.2, 0.25) is 5.02 Å². The molecule has 0 spiro atoms. The molecular formula is C33H42ClN7O2. The van der Waals surface area contributed by atoms with E-state index in [0.717, 1.165) is 112 Å². The van der Waals surface area contributed by atoms with Crippen LogP contribution in [0, 0.1) is 0 Å². The molecule has 43 heavy (non-hydrogen) atoms. The molecule has 2 aliphatic heterocycles. The number of imidazole rings is 1. The summed E-state index contributed by atoms with van der Waals surface area (Å²) >= 11 is 6.68. The number of fused-ring (bicyclic) bond motifs is 1. The molecule has 0 saturated carbocycles. The van der Waals surface area contributed by atoms with Crippen LogP contribution in [0.3, 0.4) is 0 Å². The SMILES string of the molecule is COCCN1CCCN(c2ccc(-c3nc4c(NC5CCN(Cc6ccc(OC)cc6)CC5)c(Cl)cnc4[nH]3)cc2)CC1. The van der Waals surface area contributed by atoms with Crippen molar-refractivity contribution in [2.75, 3.05) is 76.9 Å². The summed E-state index contributed by atoms with van der Waals surface area (Å²) in [6.45, 7) is 9.03. The summed E-state index contributed by atoms with van der Waals surface area (Å²) in [6, 6.07) is 17.4. The Bertz CT molecular complexity index is 1470. The van der Waals surface area contributed by atoms with Crippen molar-refractivity contribution in [3.63, 3.8) is 0 Å². The van der Waals surface area contributed by atoms with E-state index >= 15 is 0 Å². The standard InChI is InChI=1S/C33H42ClN7O2/c1-42-21-20-39-14-3-15-41(19-18-39)27-8-6-25(7-9-27)32-37-31-30(29(34)22-35-33(31)38-32)36-26-12-16-40(17-13-26)23-24-4-10-28(43-2)11-5-24/h4-11,22,26H,3,12-21,23H2,1-2H3,(H2,35,36,37,38). The minimum absolute atomic E-state index is 0.327. The van der Waals surface area contributed by atoms with Crippen LogP contribution in [0.4, 0.5) is 11.4 Å². The second-order valence-electron chi connectivity index (χ2n) is 11.5. The van der Waals surface area contributed by atoms with Gasteiger partial charge in [-0.1, -0.05) is 23.7 Å². The highest BCUT2D eigenvalue weighted by Crippen LogP contribution is 2.33. The fourth-order valence-electron chi connectivity index (χ4n) is 6.14. The van der Waals surface area contributed by atoms with Crippen LogP contribution >= 0.6 is 11.6 Å². The molecule has 0 bridgehead atoms. The number of piperidine rings is 1. The van der Waals surface area contributed by atoms with E-state index < -0.39 is 0 Å². The number of pyridine rings is 1. The predicted molar refractivity (Wildman–Crippen MR) is 174 cm³/mol. The third-order valence-electron chi connectivity index (χ3n) is 8.67. The average Bonchev–Trinajstić information content (AvgIpc) is 3.34. The lowest BCUT2D eigenvalue weighted by Crippen LogP contribution is -2.38. The summed E-state index contributed by atoms with van der Waals surface area (Å²) in [5, 5.41) is 4.31. The Kier molecular flexibility index (Phi) is 9.63. The number of nitrogens with zero attached hydrogens (tertiary/aromatic N) is 5. The second kappa shape index (κ2) is 13.9. The number of ether oxygens (including phenoxy) is 2. The molecule has 2 aromatic heterocycles. The maximum absolute atomic E-state index is 6.68. The fourth-order valence-corrected chi connectivity index (χ4v) is 6.33. The maximum atomic E-state index is 6.68. The molecule has 2 fully saturated rings. The number of aromatic nitrogens is 3. The molecule has 2 aliphatic rings. The zero-order valence-corrected chi connectivity index (χ0v) is 25.9. The number of hydrogen-bond acceptors (Lipinski definition) is 8. The van der Waals surface area contributed by atoms with Crippen molar-refractivity contribution >= 4 is 34.1 Å². The zero-order valence-electron chi connectivity index (χ0n) is 25.2. The number of methoxy groups -OCH3 is 2. The van der Waals surface area contributed by atoms with Gasteiger partial charge < -0.3 is 24.7 Å². The van der Waals surface area contributed by atoms with E-state index in [1.807, 2.05) is 12.1 Å². The Morgan fingerprint density at radius 1 is 0.930 bits per heavy atom. The molecule has 6 rings (SSSR count). The first-order chi connectivity index (χ1) is 21.1. The lowest BCUT2D eigenvalue weighted by molar-refractivity contribution is 0.152. The monoisotopic (exact) mass is 603 g/mol. The number of anilines is 2. The summed E-state index contributed by atoms with van der Waals surface area (Å²) < 4.78 is 10.6. The summed E-state index contributed by atoms with van der Waals surface area (Å²) in [4.78, 5) is 20.4. The molecule has 0 atom stereocenters. The number of hydrogen-bond donors (Lipinski definition) is 2. The summed E-state index contributed by atoms with van der Waals surface area (Å²) in [7, 11) is 3.47. The van der Waals surface area contributed by atoms with E-state index in [2.05, 4.69) is 66.4 Å². The average molecular weight is 604 g/mol. The van der Waals surface area contributed by atoms with Crippen molar-refractivity contribution in [3.05, 3.63) is 65.3 Å². The van der Waals surface area contributed by atoms with Crippen molar-refractivity contribution in [1.29, 1.82) is 0 Å². The number of benzene rings is 2. The van der Waals surface area contributed by atoms with Crippen molar-refractivity contribution in [1.82, 2.24) is 24.8 Å². The van der Waals surface area contributed by atoms with E-state index in [0.29, 0.717) is 11.1 Å². The minimum atomic E-state index is 0.327. The van der Waals surface area contributed by atoms with Crippen LogP contribution in [-0.4, -0.2) is 97.4 Å². The van der Waals surface area contributed by atoms with Gasteiger partial charge in [0.15, 0.2) is 5.65 Å². The van der Waals surface area contributed by atoms with Gasteiger partial charge in [0.2, 0.25) is 0 Å². The number of aromatic amines is 1. The van der Waals surface area contributed by atoms with Gasteiger partial charge in [-0.05, 0) is 67.8 Å². The third-order valence-corrected chi connectivity index (χ3v) is 8.96. The van der Waals surface area contributed by atoms with Crippen LogP contribution in [0.25, 0.3) is 22.6 Å². The van der Waals surface area contributed by atoms with Crippen molar-refractivity contribution in [3.8, 4) is 17.1 Å². The maximum Gasteiger partial charge on any atom is 0.159 e. The quantitative estimate of drug-likeness (QED) is 0.245. The molecule has 2 N–H and O–H groups in total. The molecule has 0 amide bonds. The van der Waals surface area contributed by atoms with Crippen LogP contribution in [-0.2, 0) is 11.3 Å². The molecule has 0 radical (unpaired) electrons. The highest BCUT2D eigenvalue weighted by molar-refractivity contribution is 6.34. The van der Waals surface area contributed by atoms with Gasteiger partial charge in [-0.15, -0.1) is 0 Å². The molecule has 0 unspecified atom stereocenters. The zero-order chi connectivity index (χ0) is 29.6. The number of likely N-dealkylation sites (tertiary alicyclic amines) is 1. The van der Waals surface area contributed by atoms with Crippen LogP contribution in [0.5, 0.6) is 5.75 Å². The predicted octanol–water partition coefficient (Wildman–Crippen LogP) is 5.52. The minimum Gasteiger partial charge on any atom is -0.497 e. The molecule has 4 aromatic rings. The molecule has 0 aliphatic carbocycles. The van der Waals surface area contributed by atoms with Gasteiger partial charge in [-0.3, -0.25) is 9.80 Å². The van der Waals surface area contributed by atoms with Gasteiger partial charge in [0.25, 0.3) is 0 Å². The van der Waals surface area contributed by atoms with E-state index in [-0.39, 0.29) is 0 Å². The molecule has 10 heteroatoms. The first-order valence-corrected chi connectivity index (χ1v) is 15.7. The van der Waals surface area contributed by atoms with Gasteiger partial charge >= 0.3 is 0 Å². The van der Waals surface area contributed by atoms with Crippen LogP contribution in [0.1, 0.15) is 24.8 Å². The van der Waals surface area contributed by atoms with Crippen molar-refractivity contribution < 1.29 is 9.47 Å². The molecular weight excluding hydrogens is 562 g/mol. The van der Waals surface area contributed by atoms with Gasteiger partial charge in [0.05, 0.1) is 30.6 Å². The van der Waals surface area contributed by atoms with Crippen LogP contribution < -0.4 is 15.0 Å². The number of rotatable bonds is 10.